The number of hydrogen-bond acceptors (Lipinski definition) is 2. The van der Waals surface area contributed by atoms with Crippen LogP contribution in [0.1, 0.15) is 43.8 Å². The van der Waals surface area contributed by atoms with E-state index in [4.69, 9.17) is 10.7 Å². The summed E-state index contributed by atoms with van der Waals surface area (Å²) < 4.78 is 2.01. The van der Waals surface area contributed by atoms with Gasteiger partial charge >= 0.3 is 0 Å². The number of carbonyl (C=O) groups excluding carboxylic acids is 1. The number of para-hydroxylation sites is 2. The Labute approximate surface area is 112 Å². The highest BCUT2D eigenvalue weighted by Crippen LogP contribution is 2.33. The largest absolute Gasteiger partial charge is 0.368 e. The minimum atomic E-state index is -0.305. The van der Waals surface area contributed by atoms with Crippen molar-refractivity contribution in [3.05, 3.63) is 30.1 Å². The SMILES string of the molecule is NC(=O)Cn1c(C2CCCCC2)nc2ccccc21. The number of nitrogens with zero attached hydrogens (tertiary/aromatic N) is 2. The van der Waals surface area contributed by atoms with Gasteiger partial charge in [0.25, 0.3) is 0 Å². The molecule has 0 unspecified atom stereocenters. The summed E-state index contributed by atoms with van der Waals surface area (Å²) in [6, 6.07) is 7.97. The van der Waals surface area contributed by atoms with Gasteiger partial charge in [-0.05, 0) is 25.0 Å². The molecular weight excluding hydrogens is 238 g/mol. The zero-order valence-electron chi connectivity index (χ0n) is 11.0. The minimum Gasteiger partial charge on any atom is -0.368 e. The van der Waals surface area contributed by atoms with Gasteiger partial charge in [-0.2, -0.15) is 0 Å². The highest BCUT2D eigenvalue weighted by Gasteiger charge is 2.22. The molecule has 100 valence electrons. The Morgan fingerprint density at radius 1 is 1.26 bits per heavy atom. The van der Waals surface area contributed by atoms with Crippen LogP contribution in [0, 0.1) is 0 Å². The van der Waals surface area contributed by atoms with Crippen LogP contribution in [0.25, 0.3) is 11.0 Å². The van der Waals surface area contributed by atoms with Crippen LogP contribution < -0.4 is 5.73 Å². The van der Waals surface area contributed by atoms with Crippen LogP contribution in [0.3, 0.4) is 0 Å². The third-order valence-electron chi connectivity index (χ3n) is 3.97. The van der Waals surface area contributed by atoms with Gasteiger partial charge in [-0.1, -0.05) is 31.4 Å². The quantitative estimate of drug-likeness (QED) is 0.918. The fourth-order valence-corrected chi connectivity index (χ4v) is 3.09. The smallest absolute Gasteiger partial charge is 0.237 e. The average molecular weight is 257 g/mol. The number of primary amides is 1. The second-order valence-electron chi connectivity index (χ2n) is 5.35. The third kappa shape index (κ3) is 2.35. The number of carbonyl (C=O) groups is 1. The lowest BCUT2D eigenvalue weighted by atomic mass is 9.88. The van der Waals surface area contributed by atoms with E-state index >= 15 is 0 Å². The van der Waals surface area contributed by atoms with E-state index < -0.39 is 0 Å². The second-order valence-corrected chi connectivity index (χ2v) is 5.35. The lowest BCUT2D eigenvalue weighted by Crippen LogP contribution is -2.21. The van der Waals surface area contributed by atoms with Gasteiger partial charge in [-0.25, -0.2) is 4.98 Å². The predicted molar refractivity (Wildman–Crippen MR) is 74.8 cm³/mol. The molecule has 1 aliphatic carbocycles. The fourth-order valence-electron chi connectivity index (χ4n) is 3.09. The van der Waals surface area contributed by atoms with Crippen molar-refractivity contribution >= 4 is 16.9 Å². The molecular formula is C15H19N3O. The van der Waals surface area contributed by atoms with Gasteiger partial charge in [0.15, 0.2) is 0 Å². The number of nitrogens with two attached hydrogens (primary N) is 1. The molecule has 0 spiro atoms. The average Bonchev–Trinajstić information content (AvgIpc) is 2.78. The standard InChI is InChI=1S/C15H19N3O/c16-14(19)10-18-13-9-5-4-8-12(13)17-15(18)11-6-2-1-3-7-11/h4-5,8-9,11H,1-3,6-7,10H2,(H2,16,19). The van der Waals surface area contributed by atoms with E-state index in [0.717, 1.165) is 16.9 Å². The molecule has 1 aromatic carbocycles. The third-order valence-corrected chi connectivity index (χ3v) is 3.97. The van der Waals surface area contributed by atoms with Crippen molar-refractivity contribution in [2.75, 3.05) is 0 Å². The van der Waals surface area contributed by atoms with Gasteiger partial charge in [0, 0.05) is 5.92 Å². The minimum absolute atomic E-state index is 0.229. The molecule has 0 saturated heterocycles. The van der Waals surface area contributed by atoms with Crippen molar-refractivity contribution in [3.63, 3.8) is 0 Å². The van der Waals surface area contributed by atoms with Gasteiger partial charge in [-0.15, -0.1) is 0 Å². The number of fused-ring (bicyclic) bond motifs is 1. The molecule has 1 aromatic heterocycles. The summed E-state index contributed by atoms with van der Waals surface area (Å²) in [5.41, 5.74) is 7.36. The van der Waals surface area contributed by atoms with E-state index in [2.05, 4.69) is 0 Å². The van der Waals surface area contributed by atoms with Gasteiger partial charge in [-0.3, -0.25) is 4.79 Å². The molecule has 1 amide bonds. The maximum absolute atomic E-state index is 11.3. The van der Waals surface area contributed by atoms with Crippen LogP contribution in [0.4, 0.5) is 0 Å². The van der Waals surface area contributed by atoms with Crippen molar-refractivity contribution < 1.29 is 4.79 Å². The van der Waals surface area contributed by atoms with E-state index in [1.165, 1.54) is 32.1 Å². The summed E-state index contributed by atoms with van der Waals surface area (Å²) >= 11 is 0. The molecule has 1 aliphatic rings. The van der Waals surface area contributed by atoms with Crippen molar-refractivity contribution in [1.82, 2.24) is 9.55 Å². The molecule has 4 heteroatoms. The lowest BCUT2D eigenvalue weighted by molar-refractivity contribution is -0.118. The predicted octanol–water partition coefficient (Wildman–Crippen LogP) is 2.57. The van der Waals surface area contributed by atoms with Crippen LogP contribution in [-0.4, -0.2) is 15.5 Å². The van der Waals surface area contributed by atoms with E-state index in [9.17, 15) is 4.79 Å². The number of amides is 1. The van der Waals surface area contributed by atoms with Gasteiger partial charge < -0.3 is 10.3 Å². The summed E-state index contributed by atoms with van der Waals surface area (Å²) in [6.45, 7) is 0.229. The second kappa shape index (κ2) is 5.03. The summed E-state index contributed by atoms with van der Waals surface area (Å²) in [7, 11) is 0. The molecule has 1 saturated carbocycles. The van der Waals surface area contributed by atoms with Crippen molar-refractivity contribution in [3.8, 4) is 0 Å². The van der Waals surface area contributed by atoms with Crippen LogP contribution in [-0.2, 0) is 11.3 Å². The topological polar surface area (TPSA) is 60.9 Å². The lowest BCUT2D eigenvalue weighted by Gasteiger charge is -2.21. The fraction of sp³-hybridized carbons (Fsp3) is 0.467. The van der Waals surface area contributed by atoms with Crippen LogP contribution in [0.5, 0.6) is 0 Å². The van der Waals surface area contributed by atoms with Gasteiger partial charge in [0.2, 0.25) is 5.91 Å². The molecule has 19 heavy (non-hydrogen) atoms. The van der Waals surface area contributed by atoms with E-state index in [0.29, 0.717) is 5.92 Å². The van der Waals surface area contributed by atoms with Gasteiger partial charge in [0.1, 0.15) is 12.4 Å². The highest BCUT2D eigenvalue weighted by molar-refractivity contribution is 5.80. The Bertz CT molecular complexity index is 596. The zero-order chi connectivity index (χ0) is 13.2. The maximum Gasteiger partial charge on any atom is 0.237 e. The summed E-state index contributed by atoms with van der Waals surface area (Å²) in [4.78, 5) is 16.1. The Hall–Kier alpha value is -1.84. The van der Waals surface area contributed by atoms with Crippen LogP contribution >= 0.6 is 0 Å². The molecule has 4 nitrogen and oxygen atoms in total. The summed E-state index contributed by atoms with van der Waals surface area (Å²) in [6.07, 6.45) is 6.16. The molecule has 2 N–H and O–H groups in total. The first-order chi connectivity index (χ1) is 9.25. The Kier molecular flexibility index (Phi) is 3.23. The number of rotatable bonds is 3. The van der Waals surface area contributed by atoms with Gasteiger partial charge in [0.05, 0.1) is 11.0 Å². The molecule has 0 bridgehead atoms. The first-order valence-electron chi connectivity index (χ1n) is 6.99. The number of aromatic nitrogens is 2. The number of imidazole rings is 1. The molecule has 3 rings (SSSR count). The van der Waals surface area contributed by atoms with E-state index in [-0.39, 0.29) is 12.5 Å². The molecule has 0 atom stereocenters. The van der Waals surface area contributed by atoms with E-state index in [1.54, 1.807) is 0 Å². The molecule has 2 aromatic rings. The summed E-state index contributed by atoms with van der Waals surface area (Å²) in [5, 5.41) is 0. The molecule has 1 fully saturated rings. The zero-order valence-corrected chi connectivity index (χ0v) is 11.0. The van der Waals surface area contributed by atoms with Crippen LogP contribution in [0.2, 0.25) is 0 Å². The first kappa shape index (κ1) is 12.2. The molecule has 1 heterocycles. The van der Waals surface area contributed by atoms with Crippen molar-refractivity contribution in [2.45, 2.75) is 44.6 Å². The highest BCUT2D eigenvalue weighted by atomic mass is 16.1. The van der Waals surface area contributed by atoms with Crippen LogP contribution in [0.15, 0.2) is 24.3 Å². The monoisotopic (exact) mass is 257 g/mol. The van der Waals surface area contributed by atoms with E-state index in [1.807, 2.05) is 28.8 Å². The maximum atomic E-state index is 11.3. The Balaban J connectivity index is 2.07. The summed E-state index contributed by atoms with van der Waals surface area (Å²) in [5.74, 6) is 1.21. The van der Waals surface area contributed by atoms with Crippen molar-refractivity contribution in [2.24, 2.45) is 5.73 Å². The van der Waals surface area contributed by atoms with Crippen molar-refractivity contribution in [1.29, 1.82) is 0 Å². The normalized spacial score (nSPS) is 16.8. The Morgan fingerprint density at radius 3 is 2.74 bits per heavy atom. The Morgan fingerprint density at radius 2 is 2.00 bits per heavy atom. The number of benzene rings is 1. The molecule has 0 aliphatic heterocycles. The first-order valence-corrected chi connectivity index (χ1v) is 6.99. The number of hydrogen-bond donors (Lipinski definition) is 1. The molecule has 0 radical (unpaired) electrons.